The molecule has 1 N–H and O–H groups in total. The molecule has 0 radical (unpaired) electrons. The van der Waals surface area contributed by atoms with Gasteiger partial charge in [0, 0.05) is 19.1 Å². The fourth-order valence-corrected chi connectivity index (χ4v) is 3.90. The first-order chi connectivity index (χ1) is 9.89. The van der Waals surface area contributed by atoms with Crippen LogP contribution in [0.5, 0.6) is 0 Å². The highest BCUT2D eigenvalue weighted by Gasteiger charge is 2.43. The van der Waals surface area contributed by atoms with Crippen molar-refractivity contribution < 1.29 is 14.7 Å². The van der Waals surface area contributed by atoms with Crippen molar-refractivity contribution in [3.05, 3.63) is 0 Å². The Morgan fingerprint density at radius 2 is 1.81 bits per heavy atom. The van der Waals surface area contributed by atoms with Gasteiger partial charge in [-0.15, -0.1) is 0 Å². The van der Waals surface area contributed by atoms with Crippen molar-refractivity contribution in [2.75, 3.05) is 13.1 Å². The van der Waals surface area contributed by atoms with Crippen molar-refractivity contribution in [2.24, 2.45) is 5.92 Å². The van der Waals surface area contributed by atoms with Crippen molar-refractivity contribution in [2.45, 2.75) is 70.9 Å². The number of rotatable bonds is 3. The van der Waals surface area contributed by atoms with Crippen LogP contribution in [-0.2, 0) is 4.79 Å². The van der Waals surface area contributed by atoms with Crippen molar-refractivity contribution in [3.63, 3.8) is 0 Å². The lowest BCUT2D eigenvalue weighted by Crippen LogP contribution is -2.60. The third-order valence-electron chi connectivity index (χ3n) is 5.23. The predicted octanol–water partition coefficient (Wildman–Crippen LogP) is 2.95. The summed E-state index contributed by atoms with van der Waals surface area (Å²) in [6.07, 6.45) is 6.98. The molecule has 21 heavy (non-hydrogen) atoms. The largest absolute Gasteiger partial charge is 0.480 e. The number of carboxylic acid groups (broad SMARTS) is 1. The molecular formula is C16H28N2O3. The van der Waals surface area contributed by atoms with Gasteiger partial charge >= 0.3 is 12.0 Å². The maximum absolute atomic E-state index is 12.9. The number of carbonyl (C=O) groups is 2. The number of aliphatic carboxylic acids is 1. The first-order valence-electron chi connectivity index (χ1n) is 8.21. The molecule has 2 fully saturated rings. The first kappa shape index (κ1) is 16.1. The topological polar surface area (TPSA) is 60.9 Å². The van der Waals surface area contributed by atoms with Gasteiger partial charge in [0.2, 0.25) is 0 Å². The molecule has 0 aromatic carbocycles. The molecular weight excluding hydrogens is 268 g/mol. The molecule has 0 bridgehead atoms. The van der Waals surface area contributed by atoms with E-state index >= 15 is 0 Å². The summed E-state index contributed by atoms with van der Waals surface area (Å²) in [6, 6.07) is 0.222. The van der Waals surface area contributed by atoms with Crippen LogP contribution in [0.15, 0.2) is 0 Å². The summed E-state index contributed by atoms with van der Waals surface area (Å²) >= 11 is 0. The second-order valence-electron chi connectivity index (χ2n) is 6.84. The van der Waals surface area contributed by atoms with Crippen molar-refractivity contribution >= 4 is 12.0 Å². The number of piperidine rings is 1. The minimum absolute atomic E-state index is 0.0958. The van der Waals surface area contributed by atoms with E-state index in [1.54, 1.807) is 13.8 Å². The Bertz CT molecular complexity index is 406. The number of amides is 2. The Kier molecular flexibility index (Phi) is 4.79. The average Bonchev–Trinajstić information content (AvgIpc) is 2.46. The molecule has 1 heterocycles. The Hall–Kier alpha value is -1.26. The van der Waals surface area contributed by atoms with Gasteiger partial charge in [0.1, 0.15) is 5.54 Å². The number of hydrogen-bond donors (Lipinski definition) is 1. The second kappa shape index (κ2) is 6.24. The van der Waals surface area contributed by atoms with E-state index in [0.717, 1.165) is 19.4 Å². The number of fused-ring (bicyclic) bond motifs is 1. The van der Waals surface area contributed by atoms with Gasteiger partial charge in [-0.05, 0) is 52.4 Å². The summed E-state index contributed by atoms with van der Waals surface area (Å²) in [6.45, 7) is 6.27. The molecule has 2 amide bonds. The van der Waals surface area contributed by atoms with E-state index in [1.807, 2.05) is 11.8 Å². The van der Waals surface area contributed by atoms with Crippen LogP contribution in [0, 0.1) is 5.92 Å². The van der Waals surface area contributed by atoms with Gasteiger partial charge in [0.05, 0.1) is 0 Å². The Balaban J connectivity index is 2.18. The standard InChI is InChI=1S/C16H28N2O3/c1-4-18(16(2,3)14(19)20)15(21)17-11-7-9-12-8-5-6-10-13(12)17/h12-13H,4-11H2,1-3H3,(H,19,20). The summed E-state index contributed by atoms with van der Waals surface area (Å²) in [5.41, 5.74) is -1.16. The van der Waals surface area contributed by atoms with Crippen molar-refractivity contribution in [3.8, 4) is 0 Å². The second-order valence-corrected chi connectivity index (χ2v) is 6.84. The van der Waals surface area contributed by atoms with Crippen LogP contribution in [0.2, 0.25) is 0 Å². The Morgan fingerprint density at radius 1 is 1.19 bits per heavy atom. The van der Waals surface area contributed by atoms with E-state index in [0.29, 0.717) is 18.5 Å². The van der Waals surface area contributed by atoms with Gasteiger partial charge in [-0.25, -0.2) is 9.59 Å². The van der Waals surface area contributed by atoms with Crippen LogP contribution < -0.4 is 0 Å². The van der Waals surface area contributed by atoms with Gasteiger partial charge in [0.25, 0.3) is 0 Å². The van der Waals surface area contributed by atoms with Gasteiger partial charge in [-0.3, -0.25) is 0 Å². The number of carbonyl (C=O) groups excluding carboxylic acids is 1. The lowest BCUT2D eigenvalue weighted by Gasteiger charge is -2.47. The van der Waals surface area contributed by atoms with Crippen molar-refractivity contribution in [1.82, 2.24) is 9.80 Å². The van der Waals surface area contributed by atoms with Gasteiger partial charge in [-0.2, -0.15) is 0 Å². The summed E-state index contributed by atoms with van der Waals surface area (Å²) in [7, 11) is 0. The van der Waals surface area contributed by atoms with Crippen LogP contribution in [0.25, 0.3) is 0 Å². The van der Waals surface area contributed by atoms with E-state index in [4.69, 9.17) is 0 Å². The molecule has 1 saturated carbocycles. The highest BCUT2D eigenvalue weighted by molar-refractivity contribution is 5.85. The molecule has 5 heteroatoms. The molecule has 2 aliphatic rings. The van der Waals surface area contributed by atoms with Gasteiger partial charge in [-0.1, -0.05) is 12.8 Å². The minimum atomic E-state index is -1.16. The van der Waals surface area contributed by atoms with Crippen LogP contribution >= 0.6 is 0 Å². The molecule has 1 saturated heterocycles. The summed E-state index contributed by atoms with van der Waals surface area (Å²) in [5, 5.41) is 9.41. The number of carboxylic acids is 1. The van der Waals surface area contributed by atoms with Gasteiger partial charge < -0.3 is 14.9 Å². The summed E-state index contributed by atoms with van der Waals surface area (Å²) in [4.78, 5) is 27.9. The predicted molar refractivity (Wildman–Crippen MR) is 81.2 cm³/mol. The molecule has 0 spiro atoms. The van der Waals surface area contributed by atoms with Crippen LogP contribution in [0.4, 0.5) is 4.79 Å². The number of nitrogens with zero attached hydrogens (tertiary/aromatic N) is 2. The molecule has 1 aliphatic heterocycles. The smallest absolute Gasteiger partial charge is 0.329 e. The number of urea groups is 1. The SMILES string of the molecule is CCN(C(=O)N1CCCC2CCCCC21)C(C)(C)C(=O)O. The number of hydrogen-bond acceptors (Lipinski definition) is 2. The minimum Gasteiger partial charge on any atom is -0.480 e. The van der Waals surface area contributed by atoms with E-state index < -0.39 is 11.5 Å². The Morgan fingerprint density at radius 3 is 2.43 bits per heavy atom. The first-order valence-corrected chi connectivity index (χ1v) is 8.21. The third-order valence-corrected chi connectivity index (χ3v) is 5.23. The van der Waals surface area contributed by atoms with Crippen LogP contribution in [0.3, 0.4) is 0 Å². The molecule has 0 aromatic rings. The van der Waals surface area contributed by atoms with Crippen LogP contribution in [-0.4, -0.2) is 51.6 Å². The lowest BCUT2D eigenvalue weighted by atomic mass is 9.78. The number of likely N-dealkylation sites (N-methyl/N-ethyl adjacent to an activating group) is 1. The average molecular weight is 296 g/mol. The summed E-state index contributed by atoms with van der Waals surface area (Å²) < 4.78 is 0. The molecule has 5 nitrogen and oxygen atoms in total. The zero-order chi connectivity index (χ0) is 15.6. The molecule has 1 aliphatic carbocycles. The normalized spacial score (nSPS) is 26.1. The fourth-order valence-electron chi connectivity index (χ4n) is 3.90. The maximum atomic E-state index is 12.9. The highest BCUT2D eigenvalue weighted by Crippen LogP contribution is 2.36. The fraction of sp³-hybridized carbons (Fsp3) is 0.875. The monoisotopic (exact) mass is 296 g/mol. The van der Waals surface area contributed by atoms with E-state index in [1.165, 1.54) is 30.6 Å². The maximum Gasteiger partial charge on any atom is 0.329 e. The zero-order valence-electron chi connectivity index (χ0n) is 13.5. The van der Waals surface area contributed by atoms with Crippen LogP contribution in [0.1, 0.15) is 59.3 Å². The van der Waals surface area contributed by atoms with Crippen molar-refractivity contribution in [1.29, 1.82) is 0 Å². The molecule has 0 aromatic heterocycles. The zero-order valence-corrected chi connectivity index (χ0v) is 13.5. The van der Waals surface area contributed by atoms with E-state index in [-0.39, 0.29) is 6.03 Å². The van der Waals surface area contributed by atoms with Gasteiger partial charge in [0.15, 0.2) is 0 Å². The summed E-state index contributed by atoms with van der Waals surface area (Å²) in [5.74, 6) is -0.335. The lowest BCUT2D eigenvalue weighted by molar-refractivity contribution is -0.148. The highest BCUT2D eigenvalue weighted by atomic mass is 16.4. The molecule has 2 atom stereocenters. The quantitative estimate of drug-likeness (QED) is 0.871. The third kappa shape index (κ3) is 3.01. The Labute approximate surface area is 127 Å². The molecule has 120 valence electrons. The van der Waals surface area contributed by atoms with E-state index in [9.17, 15) is 14.7 Å². The van der Waals surface area contributed by atoms with E-state index in [2.05, 4.69) is 0 Å². The molecule has 2 rings (SSSR count). The number of likely N-dealkylation sites (tertiary alicyclic amines) is 1. The molecule has 2 unspecified atom stereocenters.